The summed E-state index contributed by atoms with van der Waals surface area (Å²) < 4.78 is 5.01. The van der Waals surface area contributed by atoms with E-state index in [-0.39, 0.29) is 17.9 Å². The van der Waals surface area contributed by atoms with Crippen molar-refractivity contribution in [1.29, 1.82) is 0 Å². The normalized spacial score (nSPS) is 10.9. The number of H-pyrrole nitrogens is 1. The van der Waals surface area contributed by atoms with E-state index in [4.69, 9.17) is 4.74 Å². The Morgan fingerprint density at radius 2 is 2.11 bits per heavy atom. The molecule has 5 heteroatoms. The Bertz CT molecular complexity index is 659. The monoisotopic (exact) mass is 244 g/mol. The van der Waals surface area contributed by atoms with E-state index >= 15 is 0 Å². The molecule has 0 saturated carbocycles. The lowest BCUT2D eigenvalue weighted by atomic mass is 10.1. The number of fused-ring (bicyclic) bond motifs is 1. The van der Waals surface area contributed by atoms with E-state index in [9.17, 15) is 9.59 Å². The van der Waals surface area contributed by atoms with E-state index in [1.165, 1.54) is 0 Å². The van der Waals surface area contributed by atoms with Crippen LogP contribution < -0.4 is 5.56 Å². The van der Waals surface area contributed by atoms with Gasteiger partial charge in [-0.2, -0.15) is 5.10 Å². The number of allylic oxidation sites excluding steroid dienone is 1. The van der Waals surface area contributed by atoms with E-state index < -0.39 is 5.97 Å². The van der Waals surface area contributed by atoms with Crippen molar-refractivity contribution in [3.8, 4) is 0 Å². The highest BCUT2D eigenvalue weighted by Gasteiger charge is 2.14. The van der Waals surface area contributed by atoms with Gasteiger partial charge in [-0.1, -0.05) is 30.4 Å². The molecule has 1 N–H and O–H groups in total. The summed E-state index contributed by atoms with van der Waals surface area (Å²) in [6.07, 6.45) is 3.50. The smallest absolute Gasteiger partial charge is 0.359 e. The lowest BCUT2D eigenvalue weighted by molar-refractivity contribution is 0.0544. The van der Waals surface area contributed by atoms with Crippen LogP contribution in [0, 0.1) is 0 Å². The van der Waals surface area contributed by atoms with Gasteiger partial charge in [0.05, 0.1) is 5.39 Å². The maximum atomic E-state index is 11.8. The van der Waals surface area contributed by atoms with Gasteiger partial charge in [-0.05, 0) is 13.0 Å². The summed E-state index contributed by atoms with van der Waals surface area (Å²) in [4.78, 5) is 23.3. The fraction of sp³-hybridized carbons (Fsp3) is 0.154. The van der Waals surface area contributed by atoms with E-state index in [0.29, 0.717) is 10.8 Å². The van der Waals surface area contributed by atoms with E-state index in [1.807, 2.05) is 6.92 Å². The maximum absolute atomic E-state index is 11.8. The van der Waals surface area contributed by atoms with Crippen LogP contribution in [0.15, 0.2) is 41.2 Å². The molecule has 0 aliphatic heterocycles. The average molecular weight is 244 g/mol. The first-order valence-electron chi connectivity index (χ1n) is 5.49. The third-order valence-corrected chi connectivity index (χ3v) is 2.44. The fourth-order valence-electron chi connectivity index (χ4n) is 1.56. The Balaban J connectivity index is 2.42. The number of carbonyl (C=O) groups is 1. The van der Waals surface area contributed by atoms with Crippen molar-refractivity contribution in [3.05, 3.63) is 52.5 Å². The average Bonchev–Trinajstić information content (AvgIpc) is 2.39. The highest BCUT2D eigenvalue weighted by molar-refractivity contribution is 6.01. The molecule has 92 valence electrons. The van der Waals surface area contributed by atoms with E-state index in [2.05, 4.69) is 10.2 Å². The maximum Gasteiger partial charge on any atom is 0.359 e. The molecule has 0 aliphatic rings. The minimum absolute atomic E-state index is 0.120. The molecular formula is C13H12N2O3. The molecule has 0 amide bonds. The first kappa shape index (κ1) is 12.0. The Morgan fingerprint density at radius 3 is 2.83 bits per heavy atom. The molecule has 0 atom stereocenters. The van der Waals surface area contributed by atoms with Crippen molar-refractivity contribution >= 4 is 16.7 Å². The van der Waals surface area contributed by atoms with Crippen LogP contribution in [-0.4, -0.2) is 22.8 Å². The van der Waals surface area contributed by atoms with Gasteiger partial charge >= 0.3 is 5.97 Å². The van der Waals surface area contributed by atoms with Crippen LogP contribution in [0.5, 0.6) is 0 Å². The van der Waals surface area contributed by atoms with Crippen LogP contribution in [0.4, 0.5) is 0 Å². The third-order valence-electron chi connectivity index (χ3n) is 2.44. The molecule has 0 aliphatic carbocycles. The summed E-state index contributed by atoms with van der Waals surface area (Å²) in [6.45, 7) is 2.02. The predicted octanol–water partition coefficient (Wildman–Crippen LogP) is 1.66. The molecule has 0 unspecified atom stereocenters. The van der Waals surface area contributed by atoms with Crippen LogP contribution >= 0.6 is 0 Å². The van der Waals surface area contributed by atoms with Gasteiger partial charge < -0.3 is 4.74 Å². The second-order valence-corrected chi connectivity index (χ2v) is 3.61. The third kappa shape index (κ3) is 2.29. The van der Waals surface area contributed by atoms with E-state index in [1.54, 1.807) is 36.4 Å². The van der Waals surface area contributed by atoms with Gasteiger partial charge in [-0.25, -0.2) is 9.89 Å². The number of hydrogen-bond donors (Lipinski definition) is 1. The number of rotatable bonds is 3. The Morgan fingerprint density at radius 1 is 1.39 bits per heavy atom. The Labute approximate surface area is 103 Å². The van der Waals surface area contributed by atoms with Crippen molar-refractivity contribution in [1.82, 2.24) is 10.2 Å². The zero-order valence-electron chi connectivity index (χ0n) is 9.84. The number of benzene rings is 1. The second-order valence-electron chi connectivity index (χ2n) is 3.61. The molecule has 1 heterocycles. The van der Waals surface area contributed by atoms with Gasteiger partial charge in [0.15, 0.2) is 5.69 Å². The lowest BCUT2D eigenvalue weighted by Gasteiger charge is -2.03. The van der Waals surface area contributed by atoms with Crippen LogP contribution in [-0.2, 0) is 4.74 Å². The summed E-state index contributed by atoms with van der Waals surface area (Å²) in [7, 11) is 0. The number of aromatic amines is 1. The summed E-state index contributed by atoms with van der Waals surface area (Å²) in [6, 6.07) is 6.78. The van der Waals surface area contributed by atoms with Gasteiger partial charge in [0.25, 0.3) is 5.56 Å². The lowest BCUT2D eigenvalue weighted by Crippen LogP contribution is -2.16. The quantitative estimate of drug-likeness (QED) is 0.658. The molecule has 0 fully saturated rings. The molecule has 5 nitrogen and oxygen atoms in total. The summed E-state index contributed by atoms with van der Waals surface area (Å²) in [5, 5.41) is 6.95. The first-order chi connectivity index (χ1) is 8.74. The van der Waals surface area contributed by atoms with Crippen molar-refractivity contribution in [3.63, 3.8) is 0 Å². The van der Waals surface area contributed by atoms with Crippen LogP contribution in [0.2, 0.25) is 0 Å². The fourth-order valence-corrected chi connectivity index (χ4v) is 1.56. The molecule has 0 spiro atoms. The number of esters is 1. The molecule has 2 rings (SSSR count). The zero-order chi connectivity index (χ0) is 13.0. The topological polar surface area (TPSA) is 72.0 Å². The van der Waals surface area contributed by atoms with E-state index in [0.717, 1.165) is 0 Å². The molecule has 0 saturated heterocycles. The zero-order valence-corrected chi connectivity index (χ0v) is 9.84. The van der Waals surface area contributed by atoms with Crippen molar-refractivity contribution in [2.75, 3.05) is 6.61 Å². The predicted molar refractivity (Wildman–Crippen MR) is 67.5 cm³/mol. The molecule has 18 heavy (non-hydrogen) atoms. The van der Waals surface area contributed by atoms with Crippen LogP contribution in [0.1, 0.15) is 17.4 Å². The van der Waals surface area contributed by atoms with Crippen LogP contribution in [0.3, 0.4) is 0 Å². The standard InChI is InChI=1S/C13H12N2O3/c1-2-3-8-18-13(17)11-9-6-4-5-7-10(9)12(16)15-14-11/h2-7H,8H2,1H3,(H,15,16)/b3-2+. The van der Waals surface area contributed by atoms with Crippen molar-refractivity contribution < 1.29 is 9.53 Å². The number of aromatic nitrogens is 2. The molecular weight excluding hydrogens is 232 g/mol. The second kappa shape index (κ2) is 5.27. The first-order valence-corrected chi connectivity index (χ1v) is 5.49. The SMILES string of the molecule is C/C=C/COC(=O)c1n[nH]c(=O)c2ccccc12. The highest BCUT2D eigenvalue weighted by Crippen LogP contribution is 2.13. The number of ether oxygens (including phenoxy) is 1. The minimum atomic E-state index is -0.555. The number of nitrogens with zero attached hydrogens (tertiary/aromatic N) is 1. The summed E-state index contributed by atoms with van der Waals surface area (Å²) in [5.74, 6) is -0.555. The van der Waals surface area contributed by atoms with Gasteiger partial charge in [-0.3, -0.25) is 4.79 Å². The molecule has 0 bridgehead atoms. The van der Waals surface area contributed by atoms with Crippen molar-refractivity contribution in [2.24, 2.45) is 0 Å². The minimum Gasteiger partial charge on any atom is -0.457 e. The summed E-state index contributed by atoms with van der Waals surface area (Å²) in [5.41, 5.74) is -0.203. The van der Waals surface area contributed by atoms with Gasteiger partial charge in [0.1, 0.15) is 6.61 Å². The van der Waals surface area contributed by atoms with Gasteiger partial charge in [0, 0.05) is 5.39 Å². The number of nitrogens with one attached hydrogen (secondary N) is 1. The summed E-state index contributed by atoms with van der Waals surface area (Å²) >= 11 is 0. The molecule has 1 aromatic heterocycles. The highest BCUT2D eigenvalue weighted by atomic mass is 16.5. The largest absolute Gasteiger partial charge is 0.457 e. The van der Waals surface area contributed by atoms with Gasteiger partial charge in [0.2, 0.25) is 0 Å². The Hall–Kier alpha value is -2.43. The van der Waals surface area contributed by atoms with Crippen molar-refractivity contribution in [2.45, 2.75) is 6.92 Å². The molecule has 0 radical (unpaired) electrons. The Kier molecular flexibility index (Phi) is 3.52. The molecule has 2 aromatic rings. The number of hydrogen-bond acceptors (Lipinski definition) is 4. The molecule has 1 aromatic carbocycles. The van der Waals surface area contributed by atoms with Crippen LogP contribution in [0.25, 0.3) is 10.8 Å². The number of carbonyl (C=O) groups excluding carboxylic acids is 1. The van der Waals surface area contributed by atoms with Gasteiger partial charge in [-0.15, -0.1) is 0 Å².